The highest BCUT2D eigenvalue weighted by atomic mass is 16.6. The molecule has 8 nitrogen and oxygen atoms in total. The van der Waals surface area contributed by atoms with Crippen LogP contribution in [0.15, 0.2) is 66.5 Å². The Balaban J connectivity index is 1.38. The second-order valence-corrected chi connectivity index (χ2v) is 12.2. The van der Waals surface area contributed by atoms with Gasteiger partial charge < -0.3 is 18.9 Å². The number of ether oxygens (including phenoxy) is 4. The zero-order valence-corrected chi connectivity index (χ0v) is 23.1. The molecule has 6 rings (SSSR count). The number of carbonyl (C=O) groups excluding carboxylic acids is 3. The van der Waals surface area contributed by atoms with E-state index in [-0.39, 0.29) is 36.8 Å². The van der Waals surface area contributed by atoms with Crippen LogP contribution in [0.4, 0.5) is 0 Å². The minimum atomic E-state index is -0.769. The average Bonchev–Trinajstić information content (AvgIpc) is 3.31. The van der Waals surface area contributed by atoms with Crippen molar-refractivity contribution in [1.82, 2.24) is 4.98 Å². The molecule has 210 valence electrons. The molecule has 8 heteroatoms. The first-order chi connectivity index (χ1) is 19.1. The van der Waals surface area contributed by atoms with Crippen LogP contribution in [0.3, 0.4) is 0 Å². The Bertz CT molecular complexity index is 1340. The zero-order valence-electron chi connectivity index (χ0n) is 23.1. The van der Waals surface area contributed by atoms with Gasteiger partial charge in [0.1, 0.15) is 24.4 Å². The van der Waals surface area contributed by atoms with Gasteiger partial charge >= 0.3 is 17.9 Å². The molecule has 2 aliphatic carbocycles. The highest BCUT2D eigenvalue weighted by Crippen LogP contribution is 2.64. The fraction of sp³-hybridized carbons (Fsp3) is 0.500. The summed E-state index contributed by atoms with van der Waals surface area (Å²) in [5, 5.41) is 0. The van der Waals surface area contributed by atoms with E-state index in [4.69, 9.17) is 18.9 Å². The van der Waals surface area contributed by atoms with E-state index in [1.54, 1.807) is 30.5 Å². The molecule has 4 aliphatic rings. The van der Waals surface area contributed by atoms with Crippen molar-refractivity contribution in [3.8, 4) is 0 Å². The molecular formula is C32H35NO7. The Kier molecular flexibility index (Phi) is 6.56. The van der Waals surface area contributed by atoms with Crippen LogP contribution in [0, 0.1) is 17.3 Å². The van der Waals surface area contributed by atoms with Gasteiger partial charge in [0, 0.05) is 42.5 Å². The van der Waals surface area contributed by atoms with Crippen LogP contribution in [0.5, 0.6) is 0 Å². The molecule has 1 saturated carbocycles. The summed E-state index contributed by atoms with van der Waals surface area (Å²) >= 11 is 0. The number of carbonyl (C=O) groups is 3. The maximum atomic E-state index is 13.3. The molecule has 0 radical (unpaired) electrons. The average molecular weight is 546 g/mol. The summed E-state index contributed by atoms with van der Waals surface area (Å²) in [6, 6.07) is 12.4. The first kappa shape index (κ1) is 26.7. The lowest BCUT2D eigenvalue weighted by Gasteiger charge is -2.65. The summed E-state index contributed by atoms with van der Waals surface area (Å²) in [4.78, 5) is 42.8. The number of aromatic nitrogens is 1. The number of pyridine rings is 1. The number of fused-ring (bicyclic) bond motifs is 3. The topological polar surface area (TPSA) is 101 Å². The molecular weight excluding hydrogens is 510 g/mol. The maximum Gasteiger partial charge on any atom is 0.339 e. The van der Waals surface area contributed by atoms with Crippen LogP contribution >= 0.6 is 0 Å². The molecule has 3 heterocycles. The van der Waals surface area contributed by atoms with Crippen molar-refractivity contribution in [3.63, 3.8) is 0 Å². The number of cyclic esters (lactones) is 1. The molecule has 1 spiro atoms. The Morgan fingerprint density at radius 3 is 2.40 bits per heavy atom. The van der Waals surface area contributed by atoms with Crippen LogP contribution in [0.1, 0.15) is 73.6 Å². The van der Waals surface area contributed by atoms with Crippen molar-refractivity contribution in [2.24, 2.45) is 17.3 Å². The number of nitrogens with zero attached hydrogens (tertiary/aromatic N) is 1. The SMILES string of the molecule is CC1=CC[C@@H](OC(=O)c2ccccc2)[C@H]2C1[C@@H](OC(=O)c1cccnc1)C[C@]1(C)O[C@]3(CC[C@]21C)COC(=O)C3. The quantitative estimate of drug-likeness (QED) is 0.298. The molecule has 1 aromatic heterocycles. The van der Waals surface area contributed by atoms with Crippen molar-refractivity contribution < 1.29 is 33.3 Å². The van der Waals surface area contributed by atoms with Crippen LogP contribution in [-0.2, 0) is 23.7 Å². The third-order valence-corrected chi connectivity index (χ3v) is 9.85. The third-order valence-electron chi connectivity index (χ3n) is 9.85. The zero-order chi connectivity index (χ0) is 28.1. The Labute approximate surface area is 234 Å². The normalized spacial score (nSPS) is 36.6. The second-order valence-electron chi connectivity index (χ2n) is 12.2. The van der Waals surface area contributed by atoms with Crippen molar-refractivity contribution in [1.29, 1.82) is 0 Å². The summed E-state index contributed by atoms with van der Waals surface area (Å²) in [5.41, 5.74) is 0.0835. The van der Waals surface area contributed by atoms with Gasteiger partial charge in [-0.3, -0.25) is 9.78 Å². The molecule has 2 saturated heterocycles. The van der Waals surface area contributed by atoms with Gasteiger partial charge in [0.05, 0.1) is 23.1 Å². The molecule has 1 aromatic carbocycles. The van der Waals surface area contributed by atoms with Crippen LogP contribution in [-0.4, -0.2) is 52.9 Å². The van der Waals surface area contributed by atoms with Gasteiger partial charge in [-0.15, -0.1) is 0 Å². The highest BCUT2D eigenvalue weighted by molar-refractivity contribution is 5.90. The van der Waals surface area contributed by atoms with E-state index in [2.05, 4.69) is 31.8 Å². The molecule has 2 aromatic rings. The number of esters is 3. The standard InChI is InChI=1S/C32H35NO7/c1-20-11-12-23(38-28(35)21-8-5-4-6-9-21)27-26(20)24(39-29(36)22-10-7-15-33-18-22)16-31(3)30(27,2)13-14-32(40-31)17-25(34)37-19-32/h4-11,15,18,23-24,26-27H,12-14,16-17,19H2,1-3H3/t23-,24+,26?,27+,30-,31+,32+/m1/s1. The third kappa shape index (κ3) is 4.42. The number of benzene rings is 1. The molecule has 7 atom stereocenters. The van der Waals surface area contributed by atoms with Gasteiger partial charge in [-0.2, -0.15) is 0 Å². The van der Waals surface area contributed by atoms with Crippen LogP contribution in [0.2, 0.25) is 0 Å². The van der Waals surface area contributed by atoms with Crippen molar-refractivity contribution >= 4 is 17.9 Å². The van der Waals surface area contributed by atoms with Gasteiger partial charge in [0.25, 0.3) is 0 Å². The van der Waals surface area contributed by atoms with E-state index in [0.29, 0.717) is 30.4 Å². The fourth-order valence-electron chi connectivity index (χ4n) is 7.64. The highest BCUT2D eigenvalue weighted by Gasteiger charge is 2.68. The van der Waals surface area contributed by atoms with E-state index in [1.807, 2.05) is 18.2 Å². The van der Waals surface area contributed by atoms with E-state index in [1.165, 1.54) is 6.20 Å². The van der Waals surface area contributed by atoms with Gasteiger partial charge in [-0.1, -0.05) is 36.8 Å². The first-order valence-corrected chi connectivity index (χ1v) is 14.0. The molecule has 0 N–H and O–H groups in total. The minimum absolute atomic E-state index is 0.167. The van der Waals surface area contributed by atoms with Crippen molar-refractivity contribution in [2.45, 2.75) is 76.3 Å². The summed E-state index contributed by atoms with van der Waals surface area (Å²) < 4.78 is 24.8. The van der Waals surface area contributed by atoms with Crippen molar-refractivity contribution in [3.05, 3.63) is 77.6 Å². The second kappa shape index (κ2) is 9.84. The summed E-state index contributed by atoms with van der Waals surface area (Å²) in [6.45, 7) is 6.55. The lowest BCUT2D eigenvalue weighted by atomic mass is 9.47. The molecule has 0 amide bonds. The van der Waals surface area contributed by atoms with Gasteiger partial charge in [0.15, 0.2) is 0 Å². The Morgan fingerprint density at radius 2 is 1.70 bits per heavy atom. The van der Waals surface area contributed by atoms with E-state index in [0.717, 1.165) is 12.0 Å². The first-order valence-electron chi connectivity index (χ1n) is 14.0. The molecule has 3 fully saturated rings. The lowest BCUT2D eigenvalue weighted by molar-refractivity contribution is -0.296. The van der Waals surface area contributed by atoms with Gasteiger partial charge in [-0.05, 0) is 51.0 Å². The Morgan fingerprint density at radius 1 is 0.975 bits per heavy atom. The van der Waals surface area contributed by atoms with E-state index >= 15 is 0 Å². The predicted molar refractivity (Wildman–Crippen MR) is 144 cm³/mol. The largest absolute Gasteiger partial charge is 0.463 e. The smallest absolute Gasteiger partial charge is 0.339 e. The van der Waals surface area contributed by atoms with Crippen LogP contribution in [0.25, 0.3) is 0 Å². The van der Waals surface area contributed by atoms with Gasteiger partial charge in [0.2, 0.25) is 0 Å². The summed E-state index contributed by atoms with van der Waals surface area (Å²) in [7, 11) is 0. The maximum absolute atomic E-state index is 13.3. The van der Waals surface area contributed by atoms with Gasteiger partial charge in [-0.25, -0.2) is 9.59 Å². The number of hydrogen-bond donors (Lipinski definition) is 0. The Hall–Kier alpha value is -3.52. The van der Waals surface area contributed by atoms with E-state index < -0.39 is 34.8 Å². The number of hydrogen-bond acceptors (Lipinski definition) is 8. The number of rotatable bonds is 4. The molecule has 2 aliphatic heterocycles. The van der Waals surface area contributed by atoms with Crippen molar-refractivity contribution in [2.75, 3.05) is 6.61 Å². The van der Waals surface area contributed by atoms with E-state index in [9.17, 15) is 14.4 Å². The molecule has 40 heavy (non-hydrogen) atoms. The minimum Gasteiger partial charge on any atom is -0.463 e. The molecule has 1 unspecified atom stereocenters. The molecule has 0 bridgehead atoms. The monoisotopic (exact) mass is 545 g/mol. The fourth-order valence-corrected chi connectivity index (χ4v) is 7.64. The summed E-state index contributed by atoms with van der Waals surface area (Å²) in [6.07, 6.45) is 6.88. The van der Waals surface area contributed by atoms with Crippen LogP contribution < -0.4 is 0 Å². The lowest BCUT2D eigenvalue weighted by Crippen LogP contribution is -2.69. The predicted octanol–water partition coefficient (Wildman–Crippen LogP) is 5.08. The summed E-state index contributed by atoms with van der Waals surface area (Å²) in [5.74, 6) is -1.43.